The summed E-state index contributed by atoms with van der Waals surface area (Å²) in [5, 5.41) is 9.73. The van der Waals surface area contributed by atoms with Gasteiger partial charge < -0.3 is 14.3 Å². The predicted molar refractivity (Wildman–Crippen MR) is 75.8 cm³/mol. The van der Waals surface area contributed by atoms with Crippen molar-refractivity contribution in [3.63, 3.8) is 0 Å². The van der Waals surface area contributed by atoms with E-state index in [0.717, 1.165) is 12.1 Å². The first-order valence-electron chi connectivity index (χ1n) is 7.24. The van der Waals surface area contributed by atoms with Gasteiger partial charge in [-0.25, -0.2) is 4.98 Å². The zero-order valence-electron chi connectivity index (χ0n) is 12.7. The summed E-state index contributed by atoms with van der Waals surface area (Å²) in [4.78, 5) is 17.4. The molecule has 1 aliphatic heterocycles. The lowest BCUT2D eigenvalue weighted by atomic mass is 10.2. The third kappa shape index (κ3) is 3.22. The van der Waals surface area contributed by atoms with Gasteiger partial charge in [-0.05, 0) is 18.2 Å². The highest BCUT2D eigenvalue weighted by Crippen LogP contribution is 2.32. The van der Waals surface area contributed by atoms with Crippen LogP contribution in [0, 0.1) is 0 Å². The van der Waals surface area contributed by atoms with Crippen molar-refractivity contribution in [3.8, 4) is 0 Å². The van der Waals surface area contributed by atoms with Crippen LogP contribution in [0.2, 0.25) is 0 Å². The summed E-state index contributed by atoms with van der Waals surface area (Å²) < 4.78 is 48.3. The van der Waals surface area contributed by atoms with Gasteiger partial charge in [0.2, 0.25) is 5.89 Å². The molecule has 1 aromatic carbocycles. The number of carbonyl (C=O) groups is 1. The van der Waals surface area contributed by atoms with Gasteiger partial charge in [0.25, 0.3) is 0 Å². The van der Waals surface area contributed by atoms with E-state index in [1.807, 2.05) is 0 Å². The molecule has 0 spiro atoms. The van der Waals surface area contributed by atoms with Crippen LogP contribution in [0.4, 0.5) is 13.2 Å². The monoisotopic (exact) mass is 344 g/mol. The van der Waals surface area contributed by atoms with Gasteiger partial charge in [-0.15, -0.1) is 0 Å². The van der Waals surface area contributed by atoms with Gasteiger partial charge in [-0.1, -0.05) is 0 Å². The Hall–Kier alpha value is -2.13. The van der Waals surface area contributed by atoms with E-state index in [1.54, 1.807) is 4.90 Å². The fourth-order valence-corrected chi connectivity index (χ4v) is 2.83. The molecule has 0 bridgehead atoms. The molecule has 3 rings (SSSR count). The number of alkyl halides is 3. The van der Waals surface area contributed by atoms with Crippen molar-refractivity contribution < 1.29 is 32.2 Å². The highest BCUT2D eigenvalue weighted by molar-refractivity contribution is 5.76. The van der Waals surface area contributed by atoms with Gasteiger partial charge in [0, 0.05) is 13.0 Å². The van der Waals surface area contributed by atoms with Crippen molar-refractivity contribution in [1.29, 1.82) is 0 Å². The first kappa shape index (κ1) is 16.7. The van der Waals surface area contributed by atoms with E-state index in [9.17, 15) is 23.1 Å². The number of rotatable bonds is 3. The first-order chi connectivity index (χ1) is 11.3. The van der Waals surface area contributed by atoms with E-state index in [2.05, 4.69) is 4.98 Å². The lowest BCUT2D eigenvalue weighted by molar-refractivity contribution is -0.146. The SMILES string of the molecule is COC(=O)[C@@H]1C[C@@H](O)CN1Cc1nc2cc(C(F)(F)F)ccc2o1. The average molecular weight is 344 g/mol. The second kappa shape index (κ2) is 6.06. The van der Waals surface area contributed by atoms with Crippen LogP contribution in [0.5, 0.6) is 0 Å². The molecule has 1 aliphatic rings. The van der Waals surface area contributed by atoms with Crippen LogP contribution in [-0.4, -0.2) is 46.8 Å². The Kier molecular flexibility index (Phi) is 4.22. The Morgan fingerprint density at radius 1 is 1.50 bits per heavy atom. The molecule has 1 aromatic heterocycles. The summed E-state index contributed by atoms with van der Waals surface area (Å²) in [5.41, 5.74) is -0.486. The molecule has 0 unspecified atom stereocenters. The number of hydrogen-bond donors (Lipinski definition) is 1. The molecule has 2 heterocycles. The van der Waals surface area contributed by atoms with Crippen LogP contribution in [0.15, 0.2) is 22.6 Å². The fraction of sp³-hybridized carbons (Fsp3) is 0.467. The maximum Gasteiger partial charge on any atom is 0.416 e. The molecule has 0 aliphatic carbocycles. The minimum absolute atomic E-state index is 0.0901. The Morgan fingerprint density at radius 2 is 2.25 bits per heavy atom. The van der Waals surface area contributed by atoms with E-state index in [1.165, 1.54) is 13.2 Å². The first-order valence-corrected chi connectivity index (χ1v) is 7.24. The molecule has 0 radical (unpaired) electrons. The number of esters is 1. The largest absolute Gasteiger partial charge is 0.468 e. The smallest absolute Gasteiger partial charge is 0.416 e. The summed E-state index contributed by atoms with van der Waals surface area (Å²) in [7, 11) is 1.25. The fourth-order valence-electron chi connectivity index (χ4n) is 2.83. The standard InChI is InChI=1S/C15H15F3N2O4/c1-23-14(22)11-5-9(21)6-20(11)7-13-19-10-4-8(15(16,17)18)2-3-12(10)24-13/h2-4,9,11,21H,5-7H2,1H3/t9-,11+/m1/s1. The molecule has 1 fully saturated rings. The Bertz CT molecular complexity index is 759. The van der Waals surface area contributed by atoms with Crippen LogP contribution in [-0.2, 0) is 22.3 Å². The number of methoxy groups -OCH3 is 1. The molecule has 1 N–H and O–H groups in total. The third-order valence-electron chi connectivity index (χ3n) is 3.95. The van der Waals surface area contributed by atoms with Crippen molar-refractivity contribution in [2.75, 3.05) is 13.7 Å². The summed E-state index contributed by atoms with van der Waals surface area (Å²) in [6, 6.07) is 2.42. The lowest BCUT2D eigenvalue weighted by Gasteiger charge is -2.19. The van der Waals surface area contributed by atoms with Crippen LogP contribution in [0.25, 0.3) is 11.1 Å². The highest BCUT2D eigenvalue weighted by atomic mass is 19.4. The van der Waals surface area contributed by atoms with Gasteiger partial charge in [0.15, 0.2) is 5.58 Å². The second-order valence-corrected chi connectivity index (χ2v) is 5.65. The summed E-state index contributed by atoms with van der Waals surface area (Å²) >= 11 is 0. The maximum absolute atomic E-state index is 12.7. The van der Waals surface area contributed by atoms with Crippen molar-refractivity contribution in [3.05, 3.63) is 29.7 Å². The van der Waals surface area contributed by atoms with Crippen LogP contribution in [0.3, 0.4) is 0 Å². The number of aromatic nitrogens is 1. The molecular weight excluding hydrogens is 329 g/mol. The Labute approximate surface area is 134 Å². The van der Waals surface area contributed by atoms with Gasteiger partial charge in [-0.2, -0.15) is 13.2 Å². The predicted octanol–water partition coefficient (Wildman–Crippen LogP) is 1.95. The van der Waals surface area contributed by atoms with E-state index >= 15 is 0 Å². The molecule has 130 valence electrons. The number of hydrogen-bond acceptors (Lipinski definition) is 6. The molecule has 0 saturated carbocycles. The quantitative estimate of drug-likeness (QED) is 0.858. The molecule has 0 amide bonds. The van der Waals surface area contributed by atoms with E-state index in [4.69, 9.17) is 9.15 Å². The van der Waals surface area contributed by atoms with E-state index in [0.29, 0.717) is 0 Å². The number of benzene rings is 1. The van der Waals surface area contributed by atoms with Crippen LogP contribution < -0.4 is 0 Å². The van der Waals surface area contributed by atoms with Gasteiger partial charge >= 0.3 is 12.1 Å². The zero-order valence-corrected chi connectivity index (χ0v) is 12.7. The number of fused-ring (bicyclic) bond motifs is 1. The number of aliphatic hydroxyl groups is 1. The maximum atomic E-state index is 12.7. The average Bonchev–Trinajstić information content (AvgIpc) is 3.07. The second-order valence-electron chi connectivity index (χ2n) is 5.65. The highest BCUT2D eigenvalue weighted by Gasteiger charge is 2.37. The number of carbonyl (C=O) groups excluding carboxylic acids is 1. The number of likely N-dealkylation sites (tertiary alicyclic amines) is 1. The molecule has 1 saturated heterocycles. The number of ether oxygens (including phenoxy) is 1. The minimum Gasteiger partial charge on any atom is -0.468 e. The lowest BCUT2D eigenvalue weighted by Crippen LogP contribution is -2.36. The number of nitrogens with zero attached hydrogens (tertiary/aromatic N) is 2. The molecule has 2 atom stereocenters. The Balaban J connectivity index is 1.83. The van der Waals surface area contributed by atoms with Crippen molar-refractivity contribution >= 4 is 17.1 Å². The molecule has 9 heteroatoms. The number of β-amino-alcohol motifs (C(OH)–C–C–N with tert-alkyl or cyclic N) is 1. The van der Waals surface area contributed by atoms with Crippen molar-refractivity contribution in [2.24, 2.45) is 0 Å². The van der Waals surface area contributed by atoms with Crippen LogP contribution >= 0.6 is 0 Å². The van der Waals surface area contributed by atoms with Crippen molar-refractivity contribution in [1.82, 2.24) is 9.88 Å². The minimum atomic E-state index is -4.46. The third-order valence-corrected chi connectivity index (χ3v) is 3.95. The number of halogens is 3. The van der Waals surface area contributed by atoms with E-state index in [-0.39, 0.29) is 36.5 Å². The topological polar surface area (TPSA) is 75.8 Å². The van der Waals surface area contributed by atoms with E-state index < -0.39 is 29.9 Å². The summed E-state index contributed by atoms with van der Waals surface area (Å²) in [5.74, 6) is -0.311. The molecule has 2 aromatic rings. The molecule has 6 nitrogen and oxygen atoms in total. The summed E-state index contributed by atoms with van der Waals surface area (Å²) in [6.07, 6.45) is -4.91. The Morgan fingerprint density at radius 3 is 2.92 bits per heavy atom. The van der Waals surface area contributed by atoms with Crippen LogP contribution in [0.1, 0.15) is 17.9 Å². The normalized spacial score (nSPS) is 22.2. The molecule has 24 heavy (non-hydrogen) atoms. The molecular formula is C15H15F3N2O4. The van der Waals surface area contributed by atoms with Gasteiger partial charge in [-0.3, -0.25) is 9.69 Å². The van der Waals surface area contributed by atoms with Gasteiger partial charge in [0.1, 0.15) is 11.6 Å². The van der Waals surface area contributed by atoms with Crippen molar-refractivity contribution in [2.45, 2.75) is 31.3 Å². The zero-order chi connectivity index (χ0) is 17.5. The number of aliphatic hydroxyl groups excluding tert-OH is 1. The summed E-state index contributed by atoms with van der Waals surface area (Å²) in [6.45, 7) is 0.319. The number of oxazole rings is 1. The van der Waals surface area contributed by atoms with Gasteiger partial charge in [0.05, 0.1) is 25.3 Å².